The number of carboxylic acid groups (broad SMARTS) is 1. The molecule has 7 nitrogen and oxygen atoms in total. The largest absolute Gasteiger partial charge is 0.481 e. The number of rotatable bonds is 7. The highest BCUT2D eigenvalue weighted by Gasteiger charge is 2.26. The van der Waals surface area contributed by atoms with Gasteiger partial charge in [-0.3, -0.25) is 19.7 Å². The minimum Gasteiger partial charge on any atom is -0.481 e. The highest BCUT2D eigenvalue weighted by molar-refractivity contribution is 7.99. The van der Waals surface area contributed by atoms with Gasteiger partial charge in [-0.25, -0.2) is 0 Å². The molecule has 2 aromatic rings. The molecule has 0 aromatic heterocycles. The van der Waals surface area contributed by atoms with Crippen LogP contribution in [-0.2, 0) is 9.59 Å². The predicted octanol–water partition coefficient (Wildman–Crippen LogP) is 5.21. The number of carbonyl (C=O) groups excluding carboxylic acids is 1. The molecule has 32 heavy (non-hydrogen) atoms. The van der Waals surface area contributed by atoms with E-state index in [0.29, 0.717) is 42.3 Å². The third kappa shape index (κ3) is 5.76. The summed E-state index contributed by atoms with van der Waals surface area (Å²) in [5.41, 5.74) is 1.69. The van der Waals surface area contributed by atoms with Crippen LogP contribution < -0.4 is 0 Å². The van der Waals surface area contributed by atoms with Crippen molar-refractivity contribution in [2.45, 2.75) is 42.4 Å². The van der Waals surface area contributed by atoms with Gasteiger partial charge in [-0.05, 0) is 48.1 Å². The van der Waals surface area contributed by atoms with Crippen molar-refractivity contribution >= 4 is 35.4 Å². The Morgan fingerprint density at radius 3 is 2.47 bits per heavy atom. The zero-order valence-electron chi connectivity index (χ0n) is 18.1. The first-order valence-electron chi connectivity index (χ1n) is 10.5. The molecule has 0 spiro atoms. The molecule has 0 unspecified atom stereocenters. The zero-order chi connectivity index (χ0) is 23.3. The van der Waals surface area contributed by atoms with Crippen LogP contribution in [0, 0.1) is 16.0 Å². The minimum absolute atomic E-state index is 0.00886. The summed E-state index contributed by atoms with van der Waals surface area (Å²) in [4.78, 5) is 37.9. The molecule has 1 aliphatic rings. The van der Waals surface area contributed by atoms with Crippen molar-refractivity contribution in [2.75, 3.05) is 13.1 Å². The lowest BCUT2D eigenvalue weighted by Crippen LogP contribution is -2.39. The molecule has 1 aliphatic heterocycles. The first kappa shape index (κ1) is 23.5. The molecule has 1 amide bonds. The molecule has 3 rings (SSSR count). The van der Waals surface area contributed by atoms with Crippen LogP contribution in [0.5, 0.6) is 0 Å². The third-order valence-electron chi connectivity index (χ3n) is 5.51. The topological polar surface area (TPSA) is 101 Å². The quantitative estimate of drug-likeness (QED) is 0.350. The molecule has 1 N–H and O–H groups in total. The van der Waals surface area contributed by atoms with Crippen LogP contribution >= 0.6 is 11.8 Å². The number of amides is 1. The summed E-state index contributed by atoms with van der Waals surface area (Å²) >= 11 is 1.37. The Kier molecular flexibility index (Phi) is 7.69. The van der Waals surface area contributed by atoms with Crippen molar-refractivity contribution in [3.8, 4) is 0 Å². The van der Waals surface area contributed by atoms with Crippen LogP contribution in [0.25, 0.3) is 6.08 Å². The number of nitrogens with zero attached hydrogens (tertiary/aromatic N) is 2. The summed E-state index contributed by atoms with van der Waals surface area (Å²) in [5, 5.41) is 20.8. The number of nitro groups is 1. The second-order valence-corrected chi connectivity index (χ2v) is 9.13. The molecule has 1 fully saturated rings. The Balaban J connectivity index is 1.74. The number of hydrogen-bond donors (Lipinski definition) is 1. The van der Waals surface area contributed by atoms with E-state index in [0.717, 1.165) is 10.5 Å². The highest BCUT2D eigenvalue weighted by atomic mass is 32.2. The molecule has 0 atom stereocenters. The first-order valence-corrected chi connectivity index (χ1v) is 11.3. The molecule has 8 heteroatoms. The number of hydrogen-bond acceptors (Lipinski definition) is 5. The Hall–Kier alpha value is -3.13. The Morgan fingerprint density at radius 2 is 1.84 bits per heavy atom. The molecule has 2 aromatic carbocycles. The van der Waals surface area contributed by atoms with Crippen LogP contribution in [0.3, 0.4) is 0 Å². The van der Waals surface area contributed by atoms with E-state index in [1.165, 1.54) is 23.9 Å². The van der Waals surface area contributed by atoms with Crippen molar-refractivity contribution in [1.29, 1.82) is 0 Å². The molecule has 0 radical (unpaired) electrons. The van der Waals surface area contributed by atoms with Crippen molar-refractivity contribution in [2.24, 2.45) is 5.92 Å². The second kappa shape index (κ2) is 10.5. The predicted molar refractivity (Wildman–Crippen MR) is 124 cm³/mol. The van der Waals surface area contributed by atoms with Crippen molar-refractivity contribution in [1.82, 2.24) is 4.90 Å². The van der Waals surface area contributed by atoms with Crippen LogP contribution in [0.1, 0.15) is 43.7 Å². The van der Waals surface area contributed by atoms with E-state index in [4.69, 9.17) is 5.11 Å². The average Bonchev–Trinajstić information content (AvgIpc) is 2.78. The van der Waals surface area contributed by atoms with E-state index in [2.05, 4.69) is 13.8 Å². The smallest absolute Gasteiger partial charge is 0.306 e. The number of carboxylic acids is 1. The van der Waals surface area contributed by atoms with Gasteiger partial charge in [-0.1, -0.05) is 49.9 Å². The number of benzene rings is 2. The van der Waals surface area contributed by atoms with Gasteiger partial charge in [0, 0.05) is 30.1 Å². The molecule has 1 heterocycles. The normalized spacial score (nSPS) is 14.8. The molecule has 0 bridgehead atoms. The molecule has 0 saturated carbocycles. The fourth-order valence-electron chi connectivity index (χ4n) is 3.66. The van der Waals surface area contributed by atoms with Crippen LogP contribution in [-0.4, -0.2) is 39.9 Å². The maximum atomic E-state index is 12.4. The molecular formula is C24H26N2O5S. The third-order valence-corrected chi connectivity index (χ3v) is 6.67. The fourth-order valence-corrected chi connectivity index (χ4v) is 4.83. The van der Waals surface area contributed by atoms with Crippen LogP contribution in [0.15, 0.2) is 58.3 Å². The second-order valence-electron chi connectivity index (χ2n) is 8.05. The number of aliphatic carboxylic acids is 1. The summed E-state index contributed by atoms with van der Waals surface area (Å²) in [6.07, 6.45) is 3.82. The first-order chi connectivity index (χ1) is 15.3. The van der Waals surface area contributed by atoms with Gasteiger partial charge in [-0.15, -0.1) is 0 Å². The summed E-state index contributed by atoms with van der Waals surface area (Å²) < 4.78 is 0. The van der Waals surface area contributed by atoms with E-state index in [1.54, 1.807) is 23.1 Å². The van der Waals surface area contributed by atoms with Crippen molar-refractivity contribution < 1.29 is 19.6 Å². The fraction of sp³-hybridized carbons (Fsp3) is 0.333. The van der Waals surface area contributed by atoms with Gasteiger partial charge >= 0.3 is 5.97 Å². The van der Waals surface area contributed by atoms with Gasteiger partial charge in [0.25, 0.3) is 5.69 Å². The van der Waals surface area contributed by atoms with Gasteiger partial charge in [0.15, 0.2) is 0 Å². The van der Waals surface area contributed by atoms with Crippen molar-refractivity contribution in [3.63, 3.8) is 0 Å². The monoisotopic (exact) mass is 454 g/mol. The van der Waals surface area contributed by atoms with Gasteiger partial charge < -0.3 is 10.0 Å². The zero-order valence-corrected chi connectivity index (χ0v) is 18.9. The van der Waals surface area contributed by atoms with Gasteiger partial charge in [0.1, 0.15) is 0 Å². The standard InChI is InChI=1S/C24H26N2O5S/c1-16(2)19-5-3-4-6-21(19)32-22-9-7-17(15-20(22)26(30)31)8-10-23(27)25-13-11-18(12-14-25)24(28)29/h3-10,15-16,18H,11-14H2,1-2H3,(H,28,29)/b10-8+. The number of nitro benzene ring substituents is 1. The van der Waals surface area contributed by atoms with E-state index in [9.17, 15) is 19.7 Å². The number of piperidine rings is 1. The van der Waals surface area contributed by atoms with Crippen molar-refractivity contribution in [3.05, 3.63) is 69.8 Å². The lowest BCUT2D eigenvalue weighted by atomic mass is 9.97. The number of carbonyl (C=O) groups is 2. The van der Waals surface area contributed by atoms with Gasteiger partial charge in [0.05, 0.1) is 15.7 Å². The molecule has 168 valence electrons. The van der Waals surface area contributed by atoms with Gasteiger partial charge in [-0.2, -0.15) is 0 Å². The van der Waals surface area contributed by atoms with E-state index < -0.39 is 16.8 Å². The minimum atomic E-state index is -0.825. The Morgan fingerprint density at radius 1 is 1.16 bits per heavy atom. The Bertz CT molecular complexity index is 1040. The average molecular weight is 455 g/mol. The molecular weight excluding hydrogens is 428 g/mol. The number of likely N-dealkylation sites (tertiary alicyclic amines) is 1. The SMILES string of the molecule is CC(C)c1ccccc1Sc1ccc(/C=C/C(=O)N2CCC(C(=O)O)CC2)cc1[N+](=O)[O-]. The maximum absolute atomic E-state index is 12.4. The summed E-state index contributed by atoms with van der Waals surface area (Å²) in [7, 11) is 0. The lowest BCUT2D eigenvalue weighted by Gasteiger charge is -2.29. The Labute approximate surface area is 191 Å². The van der Waals surface area contributed by atoms with E-state index >= 15 is 0 Å². The maximum Gasteiger partial charge on any atom is 0.306 e. The van der Waals surface area contributed by atoms with Gasteiger partial charge in [0.2, 0.25) is 5.91 Å². The van der Waals surface area contributed by atoms with E-state index in [-0.39, 0.29) is 11.6 Å². The summed E-state index contributed by atoms with van der Waals surface area (Å²) in [6, 6.07) is 12.8. The van der Waals surface area contributed by atoms with Crippen LogP contribution in [0.2, 0.25) is 0 Å². The van der Waals surface area contributed by atoms with E-state index in [1.807, 2.05) is 24.3 Å². The summed E-state index contributed by atoms with van der Waals surface area (Å²) in [5.74, 6) is -1.15. The molecule has 1 saturated heterocycles. The molecule has 0 aliphatic carbocycles. The lowest BCUT2D eigenvalue weighted by molar-refractivity contribution is -0.387. The highest BCUT2D eigenvalue weighted by Crippen LogP contribution is 2.39. The van der Waals surface area contributed by atoms with Crippen LogP contribution in [0.4, 0.5) is 5.69 Å². The summed E-state index contributed by atoms with van der Waals surface area (Å²) in [6.45, 7) is 4.96.